The second-order valence-electron chi connectivity index (χ2n) is 14.7. The summed E-state index contributed by atoms with van der Waals surface area (Å²) in [5.41, 5.74) is 2.90. The van der Waals surface area contributed by atoms with E-state index in [0.717, 1.165) is 37.1 Å². The molecule has 9 rings (SSSR count). The van der Waals surface area contributed by atoms with E-state index < -0.39 is 21.9 Å². The minimum atomic E-state index is -4.45. The minimum absolute atomic E-state index is 0.000968. The summed E-state index contributed by atoms with van der Waals surface area (Å²) in [5.74, 6) is 0.646. The van der Waals surface area contributed by atoms with E-state index in [2.05, 4.69) is 15.9 Å². The number of hydrogen-bond acceptors (Lipinski definition) is 6. The van der Waals surface area contributed by atoms with Gasteiger partial charge >= 0.3 is 0 Å². The van der Waals surface area contributed by atoms with Crippen molar-refractivity contribution in [3.05, 3.63) is 142 Å². The van der Waals surface area contributed by atoms with Crippen LogP contribution in [0.1, 0.15) is 71.4 Å². The van der Waals surface area contributed by atoms with Crippen molar-refractivity contribution in [2.24, 2.45) is 0 Å². The van der Waals surface area contributed by atoms with Gasteiger partial charge in [-0.05, 0) is 99.1 Å². The van der Waals surface area contributed by atoms with Gasteiger partial charge in [-0.2, -0.15) is 8.42 Å². The maximum atomic E-state index is 15.2. The molecule has 0 atom stereocenters. The third-order valence-corrected chi connectivity index (χ3v) is 12.2. The molecule has 1 heterocycles. The molecule has 1 N–H and O–H groups in total. The van der Waals surface area contributed by atoms with Gasteiger partial charge in [0.25, 0.3) is 21.9 Å². The average Bonchev–Trinajstić information content (AvgIpc) is 3.17. The molecule has 0 aliphatic carbocycles. The van der Waals surface area contributed by atoms with Gasteiger partial charge in [-0.3, -0.25) is 14.1 Å². The normalized spacial score (nSPS) is 13.3. The van der Waals surface area contributed by atoms with Crippen molar-refractivity contribution in [1.82, 2.24) is 0 Å². The van der Waals surface area contributed by atoms with Crippen LogP contribution in [0.15, 0.2) is 125 Å². The largest absolute Gasteiger partial charge is 0.457 e. The number of benzene rings is 8. The van der Waals surface area contributed by atoms with E-state index in [1.807, 2.05) is 107 Å². The minimum Gasteiger partial charge on any atom is -0.457 e. The topological polar surface area (TPSA) is 110 Å². The number of carbonyl (C=O) groups is 2. The van der Waals surface area contributed by atoms with Crippen molar-refractivity contribution in [3.63, 3.8) is 0 Å². The molecule has 0 unspecified atom stereocenters. The highest BCUT2D eigenvalue weighted by Gasteiger charge is 2.40. The van der Waals surface area contributed by atoms with Crippen LogP contribution in [0.25, 0.3) is 43.1 Å². The maximum absolute atomic E-state index is 15.2. The molecule has 8 nitrogen and oxygen atoms in total. The fourth-order valence-corrected chi connectivity index (χ4v) is 9.08. The lowest BCUT2D eigenvalue weighted by atomic mass is 9.83. The molecule has 10 heteroatoms. The van der Waals surface area contributed by atoms with Crippen molar-refractivity contribution in [2.75, 3.05) is 4.90 Å². The Morgan fingerprint density at radius 1 is 0.571 bits per heavy atom. The van der Waals surface area contributed by atoms with Gasteiger partial charge in [-0.15, -0.1) is 0 Å². The zero-order valence-corrected chi connectivity index (χ0v) is 33.2. The number of ether oxygens (including phenoxy) is 2. The molecule has 0 radical (unpaired) electrons. The van der Waals surface area contributed by atoms with Gasteiger partial charge in [0, 0.05) is 26.0 Å². The van der Waals surface area contributed by atoms with Crippen LogP contribution < -0.4 is 14.4 Å². The number of fused-ring (bicyclic) bond motifs is 2. The fourth-order valence-electron chi connectivity index (χ4n) is 8.14. The Kier molecular flexibility index (Phi) is 8.42. The first kappa shape index (κ1) is 35.9. The van der Waals surface area contributed by atoms with E-state index in [1.165, 1.54) is 29.2 Å². The van der Waals surface area contributed by atoms with Crippen LogP contribution in [0.2, 0.25) is 0 Å². The van der Waals surface area contributed by atoms with E-state index in [4.69, 9.17) is 9.47 Å². The Bertz CT molecular complexity index is 3020. The molecule has 2 amide bonds. The van der Waals surface area contributed by atoms with Gasteiger partial charge in [0.15, 0.2) is 0 Å². The van der Waals surface area contributed by atoms with Gasteiger partial charge < -0.3 is 9.47 Å². The number of hydrogen-bond donors (Lipinski definition) is 1. The molecule has 1 aliphatic rings. The van der Waals surface area contributed by atoms with Crippen molar-refractivity contribution in [3.8, 4) is 23.0 Å². The number of nitrogens with zero attached hydrogens (tertiary/aromatic N) is 1. The molecule has 0 saturated heterocycles. The second-order valence-corrected chi connectivity index (χ2v) is 16.9. The number of imide groups is 1. The van der Waals surface area contributed by atoms with E-state index in [0.29, 0.717) is 50.0 Å². The molecule has 0 aromatic heterocycles. The zero-order valence-electron chi connectivity index (χ0n) is 30.8. The lowest BCUT2D eigenvalue weighted by molar-refractivity contribution is 0.0892. The average molecular weight is 825 g/mol. The molecule has 8 aromatic rings. The SMILES string of the molecule is CC(C)c1cccc(C(C)C)c1N1C(=O)c2cc(Oc3ccc(S(=O)(=O)O)cc3)c3c4cccc5c(Br)ccc(c6c(Oc7ccccc7)cc(c2c36)C1=O)c54. The number of rotatable bonds is 8. The lowest BCUT2D eigenvalue weighted by Gasteiger charge is -2.33. The molecule has 0 spiro atoms. The number of para-hydroxylation sites is 2. The van der Waals surface area contributed by atoms with Gasteiger partial charge in [0.05, 0.1) is 21.7 Å². The first-order chi connectivity index (χ1) is 26.8. The van der Waals surface area contributed by atoms with Gasteiger partial charge in [0.1, 0.15) is 23.0 Å². The quantitative estimate of drug-likeness (QED) is 0.0703. The van der Waals surface area contributed by atoms with Crippen LogP contribution in [0.5, 0.6) is 23.0 Å². The summed E-state index contributed by atoms with van der Waals surface area (Å²) in [6.45, 7) is 8.18. The third kappa shape index (κ3) is 5.54. The highest BCUT2D eigenvalue weighted by molar-refractivity contribution is 9.10. The summed E-state index contributed by atoms with van der Waals surface area (Å²) in [6, 6.07) is 34.1. The summed E-state index contributed by atoms with van der Waals surface area (Å²) < 4.78 is 47.7. The Balaban J connectivity index is 1.44. The molecule has 1 aliphatic heterocycles. The Labute approximate surface area is 331 Å². The van der Waals surface area contributed by atoms with E-state index >= 15 is 9.59 Å². The molecular formula is C46H34BrNO7S. The van der Waals surface area contributed by atoms with Crippen LogP contribution in [-0.2, 0) is 10.1 Å². The van der Waals surface area contributed by atoms with Crippen LogP contribution in [0, 0.1) is 0 Å². The number of amides is 2. The van der Waals surface area contributed by atoms with Crippen LogP contribution >= 0.6 is 15.9 Å². The number of anilines is 1. The summed E-state index contributed by atoms with van der Waals surface area (Å²) >= 11 is 3.76. The highest BCUT2D eigenvalue weighted by Crippen LogP contribution is 2.53. The third-order valence-electron chi connectivity index (χ3n) is 10.6. The summed E-state index contributed by atoms with van der Waals surface area (Å²) in [7, 11) is -4.45. The first-order valence-electron chi connectivity index (χ1n) is 18.2. The number of carbonyl (C=O) groups excluding carboxylic acids is 2. The molecular weight excluding hydrogens is 790 g/mol. The van der Waals surface area contributed by atoms with Crippen LogP contribution in [-0.4, -0.2) is 24.8 Å². The fraction of sp³-hybridized carbons (Fsp3) is 0.130. The zero-order chi connectivity index (χ0) is 39.2. The lowest BCUT2D eigenvalue weighted by Crippen LogP contribution is -2.42. The van der Waals surface area contributed by atoms with Gasteiger partial charge in [-0.25, -0.2) is 4.90 Å². The Hall–Kier alpha value is -5.81. The van der Waals surface area contributed by atoms with Crippen molar-refractivity contribution >= 4 is 86.6 Å². The van der Waals surface area contributed by atoms with Crippen molar-refractivity contribution in [1.29, 1.82) is 0 Å². The van der Waals surface area contributed by atoms with Crippen molar-refractivity contribution < 1.29 is 32.0 Å². The molecule has 0 saturated carbocycles. The smallest absolute Gasteiger partial charge is 0.294 e. The Morgan fingerprint density at radius 2 is 1.09 bits per heavy atom. The van der Waals surface area contributed by atoms with Crippen molar-refractivity contribution in [2.45, 2.75) is 44.4 Å². The van der Waals surface area contributed by atoms with Crippen LogP contribution in [0.3, 0.4) is 0 Å². The molecule has 0 bridgehead atoms. The summed E-state index contributed by atoms with van der Waals surface area (Å²) in [4.78, 5) is 31.5. The Morgan fingerprint density at radius 3 is 1.64 bits per heavy atom. The molecule has 0 fully saturated rings. The second kappa shape index (κ2) is 13.2. The van der Waals surface area contributed by atoms with E-state index in [-0.39, 0.29) is 28.0 Å². The van der Waals surface area contributed by atoms with Gasteiger partial charge in [0.2, 0.25) is 0 Å². The predicted molar refractivity (Wildman–Crippen MR) is 224 cm³/mol. The first-order valence-corrected chi connectivity index (χ1v) is 20.5. The van der Waals surface area contributed by atoms with E-state index in [1.54, 1.807) is 12.1 Å². The number of halogens is 1. The highest BCUT2D eigenvalue weighted by atomic mass is 79.9. The molecule has 8 aromatic carbocycles. The predicted octanol–water partition coefficient (Wildman–Crippen LogP) is 12.4. The summed E-state index contributed by atoms with van der Waals surface area (Å²) in [6.07, 6.45) is 0. The van der Waals surface area contributed by atoms with Crippen LogP contribution in [0.4, 0.5) is 5.69 Å². The standard InChI is InChI=1S/C46H34BrNO7S/c1-24(2)29-12-8-13-30(25(3)4)44(29)48-45(49)34-22-37(55-27-16-18-28(19-17-27)56(51,52)53)41-32-15-9-14-31-36(47)21-20-33(39(31)32)42-38(54-26-10-6-5-7-11-26)23-35(46(48)50)40(34)43(41)42/h5-25H,1-4H3,(H,51,52,53). The summed E-state index contributed by atoms with van der Waals surface area (Å²) in [5, 5.41) is 6.01. The van der Waals surface area contributed by atoms with E-state index in [9.17, 15) is 13.0 Å². The maximum Gasteiger partial charge on any atom is 0.294 e. The molecule has 56 heavy (non-hydrogen) atoms. The monoisotopic (exact) mass is 823 g/mol. The molecule has 278 valence electrons. The van der Waals surface area contributed by atoms with Gasteiger partial charge in [-0.1, -0.05) is 104 Å².